The van der Waals surface area contributed by atoms with Gasteiger partial charge in [0.1, 0.15) is 0 Å². The second-order valence-electron chi connectivity index (χ2n) is 3.53. The number of hydrogen-bond acceptors (Lipinski definition) is 3. The minimum Gasteiger partial charge on any atom is -0.269 e. The van der Waals surface area contributed by atoms with E-state index in [1.165, 1.54) is 44.9 Å². The van der Waals surface area contributed by atoms with Crippen molar-refractivity contribution in [2.75, 3.05) is 6.61 Å². The standard InChI is InChI=1S/C10H24O3Si/c1-2-3-4-5-6-7-8-9-10-11-12-13-14/h2-10H2,1,14H3. The Labute approximate surface area is 90.5 Å². The second-order valence-corrected chi connectivity index (χ2v) is 3.86. The summed E-state index contributed by atoms with van der Waals surface area (Å²) < 4.78 is 4.43. The highest BCUT2D eigenvalue weighted by molar-refractivity contribution is 5.97. The number of rotatable bonds is 11. The summed E-state index contributed by atoms with van der Waals surface area (Å²) in [5.74, 6) is 0. The van der Waals surface area contributed by atoms with E-state index in [-0.39, 0.29) is 0 Å². The van der Waals surface area contributed by atoms with E-state index in [0.29, 0.717) is 17.1 Å². The first-order valence-electron chi connectivity index (χ1n) is 5.74. The number of hydrogen-bond donors (Lipinski definition) is 0. The summed E-state index contributed by atoms with van der Waals surface area (Å²) >= 11 is 0. The lowest BCUT2D eigenvalue weighted by Gasteiger charge is -2.01. The Morgan fingerprint density at radius 2 is 1.43 bits per heavy atom. The first-order chi connectivity index (χ1) is 6.91. The minimum absolute atomic E-state index is 0.563. The Kier molecular flexibility index (Phi) is 13.2. The SMILES string of the molecule is CCCCCCCCCCOOO[SiH3]. The van der Waals surface area contributed by atoms with Gasteiger partial charge in [-0.25, -0.2) is 4.89 Å². The third-order valence-corrected chi connectivity index (χ3v) is 2.33. The molecule has 0 unspecified atom stereocenters. The van der Waals surface area contributed by atoms with Crippen molar-refractivity contribution < 1.29 is 14.5 Å². The summed E-state index contributed by atoms with van der Waals surface area (Å²) in [5.41, 5.74) is 0. The quantitative estimate of drug-likeness (QED) is 0.231. The minimum atomic E-state index is 0.563. The van der Waals surface area contributed by atoms with Gasteiger partial charge in [-0.05, 0) is 6.42 Å². The largest absolute Gasteiger partial charge is 0.269 e. The van der Waals surface area contributed by atoms with Crippen LogP contribution in [0.4, 0.5) is 0 Å². The molecular weight excluding hydrogens is 196 g/mol. The molecule has 3 nitrogen and oxygen atoms in total. The lowest BCUT2D eigenvalue weighted by molar-refractivity contribution is -0.467. The summed E-state index contributed by atoms with van der Waals surface area (Å²) in [6.07, 6.45) is 10.5. The van der Waals surface area contributed by atoms with Crippen LogP contribution in [0.25, 0.3) is 0 Å². The highest BCUT2D eigenvalue weighted by Crippen LogP contribution is 2.08. The van der Waals surface area contributed by atoms with Crippen molar-refractivity contribution in [3.8, 4) is 0 Å². The van der Waals surface area contributed by atoms with Gasteiger partial charge >= 0.3 is 0 Å². The normalized spacial score (nSPS) is 10.9. The van der Waals surface area contributed by atoms with E-state index in [2.05, 4.69) is 16.5 Å². The molecule has 0 heterocycles. The van der Waals surface area contributed by atoms with Gasteiger partial charge in [0.15, 0.2) is 10.5 Å². The Bertz CT molecular complexity index is 89.4. The summed E-state index contributed by atoms with van der Waals surface area (Å²) in [5, 5.41) is 4.35. The van der Waals surface area contributed by atoms with E-state index in [0.717, 1.165) is 6.42 Å². The van der Waals surface area contributed by atoms with Gasteiger partial charge in [-0.15, -0.1) is 0 Å². The van der Waals surface area contributed by atoms with Crippen LogP contribution >= 0.6 is 0 Å². The average molecular weight is 220 g/mol. The van der Waals surface area contributed by atoms with Crippen LogP contribution in [0.5, 0.6) is 0 Å². The molecule has 0 N–H and O–H groups in total. The summed E-state index contributed by atoms with van der Waals surface area (Å²) in [6.45, 7) is 2.90. The predicted octanol–water partition coefficient (Wildman–Crippen LogP) is 2.29. The van der Waals surface area contributed by atoms with E-state index in [4.69, 9.17) is 4.89 Å². The summed E-state index contributed by atoms with van der Waals surface area (Å²) in [6, 6.07) is 0. The first-order valence-corrected chi connectivity index (χ1v) is 6.55. The van der Waals surface area contributed by atoms with Crippen LogP contribution in [-0.4, -0.2) is 17.1 Å². The van der Waals surface area contributed by atoms with Gasteiger partial charge in [0.05, 0.1) is 6.61 Å². The van der Waals surface area contributed by atoms with Crippen LogP contribution in [0.15, 0.2) is 0 Å². The Hall–Kier alpha value is 0.0969. The molecular formula is C10H24O3Si. The maximum atomic E-state index is 4.74. The molecule has 0 radical (unpaired) electrons. The van der Waals surface area contributed by atoms with Gasteiger partial charge in [0, 0.05) is 0 Å². The third-order valence-electron chi connectivity index (χ3n) is 2.20. The molecule has 0 saturated heterocycles. The zero-order valence-electron chi connectivity index (χ0n) is 9.59. The van der Waals surface area contributed by atoms with Crippen molar-refractivity contribution in [1.29, 1.82) is 0 Å². The molecule has 0 aliphatic heterocycles. The smallest absolute Gasteiger partial charge is 0.197 e. The zero-order valence-corrected chi connectivity index (χ0v) is 11.6. The van der Waals surface area contributed by atoms with Crippen LogP contribution in [-0.2, 0) is 14.5 Å². The molecule has 0 aromatic rings. The van der Waals surface area contributed by atoms with Crippen molar-refractivity contribution in [2.45, 2.75) is 58.3 Å². The molecule has 4 heteroatoms. The molecule has 0 fully saturated rings. The molecule has 0 aliphatic carbocycles. The molecule has 0 bridgehead atoms. The van der Waals surface area contributed by atoms with E-state index < -0.39 is 0 Å². The van der Waals surface area contributed by atoms with E-state index in [1.807, 2.05) is 0 Å². The lowest BCUT2D eigenvalue weighted by Crippen LogP contribution is -1.96. The molecule has 0 aromatic heterocycles. The van der Waals surface area contributed by atoms with Crippen molar-refractivity contribution in [2.24, 2.45) is 0 Å². The van der Waals surface area contributed by atoms with Crippen LogP contribution in [0.1, 0.15) is 58.3 Å². The van der Waals surface area contributed by atoms with Crippen LogP contribution < -0.4 is 0 Å². The molecule has 0 saturated carbocycles. The zero-order chi connectivity index (χ0) is 10.5. The molecule has 0 aliphatic rings. The molecule has 0 aromatic carbocycles. The van der Waals surface area contributed by atoms with Crippen molar-refractivity contribution >= 4 is 10.5 Å². The highest BCUT2D eigenvalue weighted by atomic mass is 28.2. The Morgan fingerprint density at radius 1 is 0.857 bits per heavy atom. The van der Waals surface area contributed by atoms with Crippen LogP contribution in [0.3, 0.4) is 0 Å². The van der Waals surface area contributed by atoms with Gasteiger partial charge in [-0.1, -0.05) is 56.9 Å². The van der Waals surface area contributed by atoms with Gasteiger partial charge in [0.25, 0.3) is 0 Å². The van der Waals surface area contributed by atoms with Crippen molar-refractivity contribution in [3.63, 3.8) is 0 Å². The van der Waals surface area contributed by atoms with Crippen molar-refractivity contribution in [3.05, 3.63) is 0 Å². The summed E-state index contributed by atoms with van der Waals surface area (Å²) in [7, 11) is 0.563. The Morgan fingerprint density at radius 3 is 2.00 bits per heavy atom. The summed E-state index contributed by atoms with van der Waals surface area (Å²) in [4.78, 5) is 4.74. The van der Waals surface area contributed by atoms with Gasteiger partial charge < -0.3 is 0 Å². The van der Waals surface area contributed by atoms with E-state index >= 15 is 0 Å². The Balaban J connectivity index is 2.78. The first kappa shape index (κ1) is 14.1. The predicted molar refractivity (Wildman–Crippen MR) is 60.7 cm³/mol. The van der Waals surface area contributed by atoms with Gasteiger partial charge in [-0.3, -0.25) is 4.58 Å². The highest BCUT2D eigenvalue weighted by Gasteiger charge is 1.92. The maximum Gasteiger partial charge on any atom is 0.197 e. The fraction of sp³-hybridized carbons (Fsp3) is 1.00. The fourth-order valence-electron chi connectivity index (χ4n) is 1.38. The van der Waals surface area contributed by atoms with E-state index in [9.17, 15) is 0 Å². The second kappa shape index (κ2) is 13.1. The van der Waals surface area contributed by atoms with E-state index in [1.54, 1.807) is 0 Å². The number of unbranched alkanes of at least 4 members (excludes halogenated alkanes) is 7. The molecule has 0 spiro atoms. The van der Waals surface area contributed by atoms with Crippen molar-refractivity contribution in [1.82, 2.24) is 0 Å². The molecule has 0 rings (SSSR count). The monoisotopic (exact) mass is 220 g/mol. The van der Waals surface area contributed by atoms with Gasteiger partial charge in [0.2, 0.25) is 0 Å². The maximum absolute atomic E-state index is 4.74. The van der Waals surface area contributed by atoms with Crippen LogP contribution in [0, 0.1) is 0 Å². The molecule has 0 atom stereocenters. The van der Waals surface area contributed by atoms with Gasteiger partial charge in [-0.2, -0.15) is 0 Å². The topological polar surface area (TPSA) is 27.7 Å². The third kappa shape index (κ3) is 12.1. The molecule has 86 valence electrons. The average Bonchev–Trinajstić information content (AvgIpc) is 2.21. The fourth-order valence-corrected chi connectivity index (χ4v) is 1.47. The molecule has 14 heavy (non-hydrogen) atoms. The lowest BCUT2D eigenvalue weighted by atomic mass is 10.1. The van der Waals surface area contributed by atoms with Crippen LogP contribution in [0.2, 0.25) is 0 Å². The molecule has 0 amide bonds.